The molecule has 14 heavy (non-hydrogen) atoms. The van der Waals surface area contributed by atoms with Crippen molar-refractivity contribution in [3.05, 3.63) is 0 Å². The van der Waals surface area contributed by atoms with Crippen LogP contribution in [0.3, 0.4) is 0 Å². The lowest BCUT2D eigenvalue weighted by molar-refractivity contribution is 0.00558. The van der Waals surface area contributed by atoms with Gasteiger partial charge in [-0.3, -0.25) is 0 Å². The van der Waals surface area contributed by atoms with E-state index in [1.807, 2.05) is 0 Å². The van der Waals surface area contributed by atoms with E-state index >= 15 is 0 Å². The molecule has 2 bridgehead atoms. The summed E-state index contributed by atoms with van der Waals surface area (Å²) in [6, 6.07) is 0.344. The van der Waals surface area contributed by atoms with Crippen molar-refractivity contribution in [1.29, 1.82) is 0 Å². The SMILES string of the molecule is CN(C)[C@H]1[C@@H](O)[C@H]2CC[C@]1(C)C2(C)C. The number of aliphatic hydroxyl groups excluding tert-OH is 1. The zero-order valence-corrected chi connectivity index (χ0v) is 10.0. The molecule has 2 aliphatic rings. The van der Waals surface area contributed by atoms with Crippen molar-refractivity contribution in [2.75, 3.05) is 14.1 Å². The van der Waals surface area contributed by atoms with Gasteiger partial charge >= 0.3 is 0 Å². The molecule has 2 heteroatoms. The summed E-state index contributed by atoms with van der Waals surface area (Å²) in [6.45, 7) is 7.02. The second-order valence-corrected chi connectivity index (χ2v) is 6.18. The first-order valence-electron chi connectivity index (χ1n) is 5.67. The van der Waals surface area contributed by atoms with Crippen molar-refractivity contribution in [1.82, 2.24) is 4.90 Å². The van der Waals surface area contributed by atoms with Crippen molar-refractivity contribution in [3.8, 4) is 0 Å². The first kappa shape index (κ1) is 10.4. The molecule has 0 heterocycles. The molecule has 0 radical (unpaired) electrons. The number of aliphatic hydroxyl groups is 1. The topological polar surface area (TPSA) is 23.5 Å². The Morgan fingerprint density at radius 2 is 1.79 bits per heavy atom. The maximum Gasteiger partial charge on any atom is 0.0734 e. The van der Waals surface area contributed by atoms with Crippen LogP contribution in [0.1, 0.15) is 33.6 Å². The van der Waals surface area contributed by atoms with Gasteiger partial charge in [-0.25, -0.2) is 0 Å². The summed E-state index contributed by atoms with van der Waals surface area (Å²) in [4.78, 5) is 2.21. The summed E-state index contributed by atoms with van der Waals surface area (Å²) in [7, 11) is 4.19. The zero-order chi connectivity index (χ0) is 10.7. The fraction of sp³-hybridized carbons (Fsp3) is 1.00. The van der Waals surface area contributed by atoms with E-state index in [0.29, 0.717) is 22.8 Å². The highest BCUT2D eigenvalue weighted by atomic mass is 16.3. The number of fused-ring (bicyclic) bond motifs is 2. The molecular formula is C12H23NO. The number of hydrogen-bond donors (Lipinski definition) is 1. The molecule has 4 atom stereocenters. The number of nitrogens with zero attached hydrogens (tertiary/aromatic N) is 1. The van der Waals surface area contributed by atoms with E-state index in [9.17, 15) is 5.11 Å². The molecule has 2 fully saturated rings. The van der Waals surface area contributed by atoms with Gasteiger partial charge < -0.3 is 10.0 Å². The van der Waals surface area contributed by atoms with Gasteiger partial charge in [0.05, 0.1) is 6.10 Å². The second kappa shape index (κ2) is 2.73. The van der Waals surface area contributed by atoms with Crippen molar-refractivity contribution in [2.45, 2.75) is 45.8 Å². The van der Waals surface area contributed by atoms with Gasteiger partial charge in [0.15, 0.2) is 0 Å². The Morgan fingerprint density at radius 3 is 2.07 bits per heavy atom. The molecule has 2 nitrogen and oxygen atoms in total. The van der Waals surface area contributed by atoms with Crippen LogP contribution in [-0.4, -0.2) is 36.2 Å². The average Bonchev–Trinajstić information content (AvgIpc) is 2.30. The minimum atomic E-state index is -0.126. The van der Waals surface area contributed by atoms with Crippen LogP contribution in [0.25, 0.3) is 0 Å². The Hall–Kier alpha value is -0.0800. The van der Waals surface area contributed by atoms with Crippen LogP contribution in [0.4, 0.5) is 0 Å². The number of rotatable bonds is 1. The Labute approximate surface area is 87.3 Å². The maximum atomic E-state index is 10.3. The molecule has 0 aromatic carbocycles. The fourth-order valence-electron chi connectivity index (χ4n) is 4.16. The molecule has 82 valence electrons. The molecular weight excluding hydrogens is 174 g/mol. The first-order chi connectivity index (χ1) is 6.32. The van der Waals surface area contributed by atoms with Crippen LogP contribution in [0, 0.1) is 16.7 Å². The van der Waals surface area contributed by atoms with E-state index in [4.69, 9.17) is 0 Å². The average molecular weight is 197 g/mol. The monoisotopic (exact) mass is 197 g/mol. The molecule has 0 aromatic heterocycles. The first-order valence-corrected chi connectivity index (χ1v) is 5.67. The lowest BCUT2D eigenvalue weighted by Crippen LogP contribution is -2.49. The van der Waals surface area contributed by atoms with Gasteiger partial charge in [0.1, 0.15) is 0 Å². The van der Waals surface area contributed by atoms with E-state index < -0.39 is 0 Å². The Balaban J connectivity index is 2.41. The molecule has 0 saturated heterocycles. The smallest absolute Gasteiger partial charge is 0.0734 e. The second-order valence-electron chi connectivity index (χ2n) is 6.18. The van der Waals surface area contributed by atoms with Crippen LogP contribution in [0.15, 0.2) is 0 Å². The van der Waals surface area contributed by atoms with E-state index in [0.717, 1.165) is 0 Å². The predicted molar refractivity (Wildman–Crippen MR) is 58.1 cm³/mol. The summed E-state index contributed by atoms with van der Waals surface area (Å²) in [6.07, 6.45) is 2.35. The normalized spacial score (nSPS) is 50.4. The third-order valence-corrected chi connectivity index (χ3v) is 5.32. The largest absolute Gasteiger partial charge is 0.391 e. The summed E-state index contributed by atoms with van der Waals surface area (Å²) < 4.78 is 0. The molecule has 2 rings (SSSR count). The Bertz CT molecular complexity index is 249. The van der Waals surface area contributed by atoms with E-state index in [1.54, 1.807) is 0 Å². The fourth-order valence-corrected chi connectivity index (χ4v) is 4.16. The Kier molecular flexibility index (Phi) is 2.04. The van der Waals surface area contributed by atoms with Gasteiger partial charge in [-0.05, 0) is 43.7 Å². The van der Waals surface area contributed by atoms with Crippen LogP contribution < -0.4 is 0 Å². The van der Waals surface area contributed by atoms with Crippen molar-refractivity contribution < 1.29 is 5.11 Å². The molecule has 2 aliphatic carbocycles. The van der Waals surface area contributed by atoms with Gasteiger partial charge in [0, 0.05) is 6.04 Å². The number of likely N-dealkylation sites (N-methyl/N-ethyl adjacent to an activating group) is 1. The molecule has 0 aliphatic heterocycles. The van der Waals surface area contributed by atoms with Crippen LogP contribution in [0.2, 0.25) is 0 Å². The van der Waals surface area contributed by atoms with Gasteiger partial charge in [-0.1, -0.05) is 20.8 Å². The van der Waals surface area contributed by atoms with Crippen molar-refractivity contribution >= 4 is 0 Å². The van der Waals surface area contributed by atoms with Gasteiger partial charge in [-0.15, -0.1) is 0 Å². The van der Waals surface area contributed by atoms with Crippen molar-refractivity contribution in [3.63, 3.8) is 0 Å². The Morgan fingerprint density at radius 1 is 1.21 bits per heavy atom. The van der Waals surface area contributed by atoms with E-state index in [-0.39, 0.29) is 6.10 Å². The van der Waals surface area contributed by atoms with E-state index in [2.05, 4.69) is 39.8 Å². The summed E-state index contributed by atoms with van der Waals surface area (Å²) in [5, 5.41) is 10.3. The highest BCUT2D eigenvalue weighted by Crippen LogP contribution is 2.66. The summed E-state index contributed by atoms with van der Waals surface area (Å²) in [5.74, 6) is 0.500. The molecule has 1 N–H and O–H groups in total. The third-order valence-electron chi connectivity index (χ3n) is 5.32. The summed E-state index contributed by atoms with van der Waals surface area (Å²) in [5.41, 5.74) is 0.585. The minimum Gasteiger partial charge on any atom is -0.391 e. The lowest BCUT2D eigenvalue weighted by Gasteiger charge is -2.42. The maximum absolute atomic E-state index is 10.3. The zero-order valence-electron chi connectivity index (χ0n) is 10.0. The van der Waals surface area contributed by atoms with Gasteiger partial charge in [0.2, 0.25) is 0 Å². The van der Waals surface area contributed by atoms with Gasteiger partial charge in [-0.2, -0.15) is 0 Å². The van der Waals surface area contributed by atoms with Crippen LogP contribution >= 0.6 is 0 Å². The molecule has 0 spiro atoms. The van der Waals surface area contributed by atoms with Gasteiger partial charge in [0.25, 0.3) is 0 Å². The molecule has 0 amide bonds. The molecule has 0 aromatic rings. The lowest BCUT2D eigenvalue weighted by atomic mass is 9.69. The van der Waals surface area contributed by atoms with Crippen LogP contribution in [-0.2, 0) is 0 Å². The number of hydrogen-bond acceptors (Lipinski definition) is 2. The molecule has 2 saturated carbocycles. The quantitative estimate of drug-likeness (QED) is 0.692. The standard InChI is InChI=1S/C12H23NO/c1-11(2)8-6-7-12(11,3)10(9(8)14)13(4)5/h8-10,14H,6-7H2,1-5H3/t8-,9+,10+,12+/m1/s1. The third kappa shape index (κ3) is 0.938. The summed E-state index contributed by atoms with van der Waals surface area (Å²) >= 11 is 0. The molecule has 0 unspecified atom stereocenters. The van der Waals surface area contributed by atoms with E-state index in [1.165, 1.54) is 12.8 Å². The van der Waals surface area contributed by atoms with Crippen LogP contribution in [0.5, 0.6) is 0 Å². The van der Waals surface area contributed by atoms with Crippen molar-refractivity contribution in [2.24, 2.45) is 16.7 Å². The minimum absolute atomic E-state index is 0.126. The predicted octanol–water partition coefficient (Wildman–Crippen LogP) is 1.73. The highest BCUT2D eigenvalue weighted by molar-refractivity contribution is 5.17. The highest BCUT2D eigenvalue weighted by Gasteiger charge is 2.66.